The van der Waals surface area contributed by atoms with Crippen LogP contribution in [0.1, 0.15) is 10.6 Å². The first-order valence-electron chi connectivity index (χ1n) is 6.89. The lowest BCUT2D eigenvalue weighted by atomic mass is 9.98. The molecule has 1 atom stereocenters. The number of para-hydroxylation sites is 1. The van der Waals surface area contributed by atoms with Crippen LogP contribution in [0.3, 0.4) is 0 Å². The van der Waals surface area contributed by atoms with Crippen molar-refractivity contribution in [1.82, 2.24) is 4.98 Å². The summed E-state index contributed by atoms with van der Waals surface area (Å²) in [5.74, 6) is 0.692. The number of aromatic nitrogens is 1. The molecule has 1 nitrogen and oxygen atoms in total. The number of hydrogen-bond acceptors (Lipinski definition) is 2. The maximum atomic E-state index is 12.9. The monoisotopic (exact) mass is 319 g/mol. The van der Waals surface area contributed by atoms with Gasteiger partial charge in [-0.15, -0.1) is 22.9 Å². The van der Waals surface area contributed by atoms with Crippen LogP contribution in [0.25, 0.3) is 10.2 Å². The molecule has 0 aliphatic rings. The van der Waals surface area contributed by atoms with E-state index >= 15 is 0 Å². The molecule has 0 N–H and O–H groups in total. The smallest absolute Gasteiger partial charge is 0.123 e. The van der Waals surface area contributed by atoms with Crippen LogP contribution >= 0.6 is 22.9 Å². The van der Waals surface area contributed by atoms with Gasteiger partial charge in [-0.25, -0.2) is 9.37 Å². The molecule has 1 heterocycles. The Hall–Kier alpha value is -1.45. The number of thiazole rings is 1. The first-order valence-corrected chi connectivity index (χ1v) is 8.24. The molecule has 1 unspecified atom stereocenters. The summed E-state index contributed by atoms with van der Waals surface area (Å²) < 4.78 is 14.1. The zero-order chi connectivity index (χ0) is 14.7. The molecule has 3 rings (SSSR count). The highest BCUT2D eigenvalue weighted by Crippen LogP contribution is 2.25. The molecule has 0 aliphatic carbocycles. The Kier molecular flexibility index (Phi) is 4.51. The molecule has 0 bridgehead atoms. The van der Waals surface area contributed by atoms with Crippen LogP contribution in [-0.2, 0) is 12.8 Å². The van der Waals surface area contributed by atoms with Crippen molar-refractivity contribution in [2.45, 2.75) is 12.8 Å². The third-order valence-electron chi connectivity index (χ3n) is 3.46. The summed E-state index contributed by atoms with van der Waals surface area (Å²) in [7, 11) is 0. The van der Waals surface area contributed by atoms with Crippen molar-refractivity contribution in [2.24, 2.45) is 5.92 Å². The highest BCUT2D eigenvalue weighted by molar-refractivity contribution is 7.18. The molecule has 3 aromatic rings. The van der Waals surface area contributed by atoms with E-state index in [9.17, 15) is 4.39 Å². The third kappa shape index (κ3) is 3.60. The number of rotatable bonds is 5. The molecule has 0 amide bonds. The molecular formula is C17H15ClFNS. The lowest BCUT2D eigenvalue weighted by Crippen LogP contribution is -2.10. The number of benzene rings is 2. The van der Waals surface area contributed by atoms with Gasteiger partial charge in [-0.05, 0) is 42.2 Å². The molecule has 0 radical (unpaired) electrons. The second-order valence-electron chi connectivity index (χ2n) is 5.13. The van der Waals surface area contributed by atoms with Gasteiger partial charge in [-0.3, -0.25) is 0 Å². The molecular weight excluding hydrogens is 305 g/mol. The quantitative estimate of drug-likeness (QED) is 0.598. The van der Waals surface area contributed by atoms with E-state index in [4.69, 9.17) is 11.6 Å². The Morgan fingerprint density at radius 3 is 2.52 bits per heavy atom. The molecule has 21 heavy (non-hydrogen) atoms. The van der Waals surface area contributed by atoms with E-state index in [2.05, 4.69) is 11.1 Å². The zero-order valence-electron chi connectivity index (χ0n) is 11.4. The summed E-state index contributed by atoms with van der Waals surface area (Å²) >= 11 is 7.82. The van der Waals surface area contributed by atoms with Crippen molar-refractivity contribution in [3.05, 3.63) is 64.9 Å². The van der Waals surface area contributed by atoms with E-state index in [1.54, 1.807) is 11.3 Å². The number of alkyl halides is 1. The average Bonchev–Trinajstić information content (AvgIpc) is 2.91. The Balaban J connectivity index is 1.73. The van der Waals surface area contributed by atoms with Crippen LogP contribution in [-0.4, -0.2) is 10.9 Å². The normalized spacial score (nSPS) is 12.7. The van der Waals surface area contributed by atoms with Crippen LogP contribution in [0, 0.1) is 11.7 Å². The van der Waals surface area contributed by atoms with Crippen molar-refractivity contribution in [3.8, 4) is 0 Å². The summed E-state index contributed by atoms with van der Waals surface area (Å²) in [6, 6.07) is 14.8. The van der Waals surface area contributed by atoms with E-state index < -0.39 is 0 Å². The minimum atomic E-state index is -0.202. The number of halogens is 2. The molecule has 0 saturated heterocycles. The Labute approximate surface area is 132 Å². The SMILES string of the molecule is Fc1ccc(CC(CCl)Cc2nc3ccccc3s2)cc1. The van der Waals surface area contributed by atoms with Crippen LogP contribution in [0.5, 0.6) is 0 Å². The van der Waals surface area contributed by atoms with Crippen LogP contribution in [0.2, 0.25) is 0 Å². The van der Waals surface area contributed by atoms with Crippen LogP contribution < -0.4 is 0 Å². The van der Waals surface area contributed by atoms with Gasteiger partial charge in [0.25, 0.3) is 0 Å². The number of hydrogen-bond donors (Lipinski definition) is 0. The van der Waals surface area contributed by atoms with Crippen molar-refractivity contribution in [1.29, 1.82) is 0 Å². The van der Waals surface area contributed by atoms with Gasteiger partial charge in [0.1, 0.15) is 5.82 Å². The fourth-order valence-electron chi connectivity index (χ4n) is 2.39. The molecule has 0 fully saturated rings. The summed E-state index contributed by atoms with van der Waals surface area (Å²) in [5.41, 5.74) is 2.16. The highest BCUT2D eigenvalue weighted by atomic mass is 35.5. The minimum Gasteiger partial charge on any atom is -0.241 e. The Morgan fingerprint density at radius 2 is 1.81 bits per heavy atom. The van der Waals surface area contributed by atoms with Crippen molar-refractivity contribution in [3.63, 3.8) is 0 Å². The fraction of sp³-hybridized carbons (Fsp3) is 0.235. The van der Waals surface area contributed by atoms with Gasteiger partial charge < -0.3 is 0 Å². The van der Waals surface area contributed by atoms with Gasteiger partial charge in [0.15, 0.2) is 0 Å². The fourth-order valence-corrected chi connectivity index (χ4v) is 3.69. The lowest BCUT2D eigenvalue weighted by molar-refractivity contribution is 0.580. The lowest BCUT2D eigenvalue weighted by Gasteiger charge is -2.12. The molecule has 2 aromatic carbocycles. The van der Waals surface area contributed by atoms with Gasteiger partial charge >= 0.3 is 0 Å². The van der Waals surface area contributed by atoms with E-state index in [1.165, 1.54) is 16.8 Å². The Bertz CT molecular complexity index is 690. The van der Waals surface area contributed by atoms with Crippen molar-refractivity contribution in [2.75, 3.05) is 5.88 Å². The summed E-state index contributed by atoms with van der Waals surface area (Å²) in [5, 5.41) is 1.11. The van der Waals surface area contributed by atoms with Gasteiger partial charge in [0.05, 0.1) is 15.2 Å². The molecule has 0 aliphatic heterocycles. The van der Waals surface area contributed by atoms with Gasteiger partial charge in [-0.1, -0.05) is 24.3 Å². The largest absolute Gasteiger partial charge is 0.241 e. The van der Waals surface area contributed by atoms with Gasteiger partial charge in [-0.2, -0.15) is 0 Å². The van der Waals surface area contributed by atoms with E-state index in [1.807, 2.05) is 30.3 Å². The minimum absolute atomic E-state index is 0.202. The number of nitrogens with zero attached hydrogens (tertiary/aromatic N) is 1. The van der Waals surface area contributed by atoms with Gasteiger partial charge in [0, 0.05) is 12.3 Å². The third-order valence-corrected chi connectivity index (χ3v) is 4.95. The van der Waals surface area contributed by atoms with Crippen LogP contribution in [0.4, 0.5) is 4.39 Å². The predicted molar refractivity (Wildman–Crippen MR) is 87.6 cm³/mol. The van der Waals surface area contributed by atoms with Crippen LogP contribution in [0.15, 0.2) is 48.5 Å². The molecule has 0 spiro atoms. The predicted octanol–water partition coefficient (Wildman–Crippen LogP) is 5.08. The molecule has 4 heteroatoms. The first-order chi connectivity index (χ1) is 10.2. The van der Waals surface area contributed by atoms with E-state index in [-0.39, 0.29) is 5.82 Å². The maximum Gasteiger partial charge on any atom is 0.123 e. The molecule has 1 aromatic heterocycles. The molecule has 108 valence electrons. The van der Waals surface area contributed by atoms with Crippen molar-refractivity contribution >= 4 is 33.2 Å². The first kappa shape index (κ1) is 14.5. The summed E-state index contributed by atoms with van der Waals surface area (Å²) in [6.45, 7) is 0. The zero-order valence-corrected chi connectivity index (χ0v) is 13.0. The van der Waals surface area contributed by atoms with Crippen molar-refractivity contribution < 1.29 is 4.39 Å². The summed E-state index contributed by atoms with van der Waals surface area (Å²) in [4.78, 5) is 4.66. The maximum absolute atomic E-state index is 12.9. The Morgan fingerprint density at radius 1 is 1.05 bits per heavy atom. The summed E-state index contributed by atoms with van der Waals surface area (Å²) in [6.07, 6.45) is 1.71. The standard InChI is InChI=1S/C17H15ClFNS/c18-11-13(9-12-5-7-14(19)8-6-12)10-17-20-15-3-1-2-4-16(15)21-17/h1-8,13H,9-11H2. The average molecular weight is 320 g/mol. The highest BCUT2D eigenvalue weighted by Gasteiger charge is 2.13. The molecule has 0 saturated carbocycles. The van der Waals surface area contributed by atoms with E-state index in [0.29, 0.717) is 11.8 Å². The topological polar surface area (TPSA) is 12.9 Å². The second-order valence-corrected chi connectivity index (χ2v) is 6.55. The van der Waals surface area contributed by atoms with Gasteiger partial charge in [0.2, 0.25) is 0 Å². The van der Waals surface area contributed by atoms with E-state index in [0.717, 1.165) is 28.9 Å². The second kappa shape index (κ2) is 6.54. The number of fused-ring (bicyclic) bond motifs is 1.